The molecule has 1 amide bonds. The van der Waals surface area contributed by atoms with Crippen LogP contribution in [-0.2, 0) is 11.3 Å². The van der Waals surface area contributed by atoms with Crippen LogP contribution in [-0.4, -0.2) is 27.3 Å². The van der Waals surface area contributed by atoms with E-state index in [0.29, 0.717) is 24.3 Å². The van der Waals surface area contributed by atoms with Crippen molar-refractivity contribution in [3.05, 3.63) is 58.4 Å². The first kappa shape index (κ1) is 20.8. The lowest BCUT2D eigenvalue weighted by Crippen LogP contribution is -2.15. The summed E-state index contributed by atoms with van der Waals surface area (Å²) in [6, 6.07) is 13.7. The van der Waals surface area contributed by atoms with E-state index in [1.165, 1.54) is 5.56 Å². The molecule has 29 heavy (non-hydrogen) atoms. The second-order valence-corrected chi connectivity index (χ2v) is 7.38. The molecule has 3 rings (SSSR count). The highest BCUT2D eigenvalue weighted by Crippen LogP contribution is 2.22. The first-order valence-electron chi connectivity index (χ1n) is 9.73. The normalized spacial score (nSPS) is 10.7. The number of carbonyl (C=O) groups is 1. The van der Waals surface area contributed by atoms with Gasteiger partial charge in [0.1, 0.15) is 5.75 Å². The monoisotopic (exact) mass is 410 g/mol. The summed E-state index contributed by atoms with van der Waals surface area (Å²) in [5.74, 6) is 1.47. The fraction of sp³-hybridized carbons (Fsp3) is 0.318. The topological polar surface area (TPSA) is 71.9 Å². The number of H-pyrrole nitrogens is 1. The molecule has 0 atom stereocenters. The number of nitrogens with one attached hydrogen (secondary N) is 2. The maximum absolute atomic E-state index is 12.5. The van der Waals surface area contributed by atoms with Crippen LogP contribution in [0.2, 0.25) is 0 Å². The van der Waals surface area contributed by atoms with Gasteiger partial charge in [-0.25, -0.2) is 0 Å². The van der Waals surface area contributed by atoms with Gasteiger partial charge in [-0.2, -0.15) is 5.10 Å². The zero-order valence-corrected chi connectivity index (χ0v) is 17.8. The number of hydrogen-bond donors (Lipinski definition) is 2. The first-order valence-corrected chi connectivity index (χ1v) is 10.1. The molecule has 0 saturated carbocycles. The highest BCUT2D eigenvalue weighted by atomic mass is 32.1. The molecule has 1 aromatic heterocycles. The Kier molecular flexibility index (Phi) is 6.82. The molecule has 0 fully saturated rings. The Morgan fingerprint density at radius 3 is 2.66 bits per heavy atom. The minimum absolute atomic E-state index is 0.0757. The zero-order valence-electron chi connectivity index (χ0n) is 17.0. The van der Waals surface area contributed by atoms with E-state index in [4.69, 9.17) is 17.0 Å². The molecule has 0 aliphatic heterocycles. The van der Waals surface area contributed by atoms with E-state index in [1.54, 1.807) is 0 Å². The number of benzene rings is 2. The largest absolute Gasteiger partial charge is 0.494 e. The van der Waals surface area contributed by atoms with Gasteiger partial charge in [0.05, 0.1) is 6.61 Å². The molecular weight excluding hydrogens is 384 g/mol. The molecule has 0 aliphatic rings. The molecule has 3 aromatic rings. The van der Waals surface area contributed by atoms with Crippen molar-refractivity contribution in [1.82, 2.24) is 14.8 Å². The summed E-state index contributed by atoms with van der Waals surface area (Å²) in [6.07, 6.45) is 1.25. The summed E-state index contributed by atoms with van der Waals surface area (Å²) in [5.41, 5.74) is 3.89. The van der Waals surface area contributed by atoms with Gasteiger partial charge in [0.25, 0.3) is 0 Å². The van der Waals surface area contributed by atoms with Crippen LogP contribution in [0.1, 0.15) is 30.9 Å². The van der Waals surface area contributed by atoms with Gasteiger partial charge in [0, 0.05) is 24.2 Å². The summed E-state index contributed by atoms with van der Waals surface area (Å²) in [7, 11) is 0. The van der Waals surface area contributed by atoms with Crippen LogP contribution in [0.4, 0.5) is 5.69 Å². The molecule has 0 unspecified atom stereocenters. The van der Waals surface area contributed by atoms with E-state index in [0.717, 1.165) is 34.8 Å². The maximum Gasteiger partial charge on any atom is 0.226 e. The Bertz CT molecular complexity index is 1040. The summed E-state index contributed by atoms with van der Waals surface area (Å²) < 4.78 is 7.99. The molecule has 0 saturated heterocycles. The summed E-state index contributed by atoms with van der Waals surface area (Å²) in [6.45, 7) is 7.19. The Hall–Kier alpha value is -2.93. The number of anilines is 1. The molecule has 0 aliphatic carbocycles. The van der Waals surface area contributed by atoms with Crippen LogP contribution in [0.5, 0.6) is 5.75 Å². The Balaban J connectivity index is 1.65. The second kappa shape index (κ2) is 9.52. The SMILES string of the molecule is CCCOc1ccc(NC(=O)CCn2c(-c3ccc(C)cc3)n[nH]c2=S)c(C)c1. The van der Waals surface area contributed by atoms with E-state index in [1.807, 2.05) is 60.9 Å². The summed E-state index contributed by atoms with van der Waals surface area (Å²) in [5, 5.41) is 10.1. The maximum atomic E-state index is 12.5. The minimum atomic E-state index is -0.0757. The number of hydrogen-bond acceptors (Lipinski definition) is 4. The second-order valence-electron chi connectivity index (χ2n) is 6.99. The molecular formula is C22H26N4O2S. The van der Waals surface area contributed by atoms with Gasteiger partial charge in [-0.3, -0.25) is 14.5 Å². The van der Waals surface area contributed by atoms with Gasteiger partial charge in [-0.05, 0) is 56.2 Å². The van der Waals surface area contributed by atoms with Crippen LogP contribution in [0.15, 0.2) is 42.5 Å². The number of ether oxygens (including phenoxy) is 1. The van der Waals surface area contributed by atoms with Gasteiger partial charge >= 0.3 is 0 Å². The molecule has 0 radical (unpaired) electrons. The van der Waals surface area contributed by atoms with Crippen LogP contribution in [0.3, 0.4) is 0 Å². The van der Waals surface area contributed by atoms with Gasteiger partial charge < -0.3 is 10.1 Å². The molecule has 0 bridgehead atoms. The third-order valence-corrected chi connectivity index (χ3v) is 4.89. The third-order valence-electron chi connectivity index (χ3n) is 4.58. The third kappa shape index (κ3) is 5.32. The van der Waals surface area contributed by atoms with E-state index in [2.05, 4.69) is 22.4 Å². The zero-order chi connectivity index (χ0) is 20.8. The fourth-order valence-corrected chi connectivity index (χ4v) is 3.18. The van der Waals surface area contributed by atoms with E-state index < -0.39 is 0 Å². The van der Waals surface area contributed by atoms with Crippen molar-refractivity contribution in [3.8, 4) is 17.1 Å². The van der Waals surface area contributed by atoms with E-state index in [9.17, 15) is 4.79 Å². The van der Waals surface area contributed by atoms with E-state index >= 15 is 0 Å². The average Bonchev–Trinajstić information content (AvgIpc) is 3.07. The number of rotatable bonds is 8. The van der Waals surface area contributed by atoms with Gasteiger partial charge in [-0.15, -0.1) is 0 Å². The Labute approximate surface area is 175 Å². The first-order chi connectivity index (χ1) is 14.0. The van der Waals surface area contributed by atoms with Crippen LogP contribution >= 0.6 is 12.2 Å². The van der Waals surface area contributed by atoms with Crippen molar-refractivity contribution < 1.29 is 9.53 Å². The smallest absolute Gasteiger partial charge is 0.226 e. The molecule has 2 aromatic carbocycles. The van der Waals surface area contributed by atoms with Gasteiger partial charge in [0.15, 0.2) is 10.6 Å². The number of nitrogens with zero attached hydrogens (tertiary/aromatic N) is 2. The van der Waals surface area contributed by atoms with Crippen LogP contribution < -0.4 is 10.1 Å². The van der Waals surface area contributed by atoms with Crippen LogP contribution in [0, 0.1) is 18.6 Å². The van der Waals surface area contributed by atoms with Crippen molar-refractivity contribution in [2.45, 2.75) is 40.2 Å². The fourth-order valence-electron chi connectivity index (χ4n) is 2.96. The predicted molar refractivity (Wildman–Crippen MR) is 118 cm³/mol. The van der Waals surface area contributed by atoms with Crippen molar-refractivity contribution in [2.24, 2.45) is 0 Å². The molecule has 2 N–H and O–H groups in total. The minimum Gasteiger partial charge on any atom is -0.494 e. The molecule has 6 nitrogen and oxygen atoms in total. The molecule has 1 heterocycles. The van der Waals surface area contributed by atoms with Crippen molar-refractivity contribution in [1.29, 1.82) is 0 Å². The van der Waals surface area contributed by atoms with Gasteiger partial charge in [0.2, 0.25) is 5.91 Å². The van der Waals surface area contributed by atoms with Crippen LogP contribution in [0.25, 0.3) is 11.4 Å². The molecule has 7 heteroatoms. The van der Waals surface area contributed by atoms with Crippen molar-refractivity contribution in [2.75, 3.05) is 11.9 Å². The number of aromatic amines is 1. The molecule has 152 valence electrons. The van der Waals surface area contributed by atoms with Crippen molar-refractivity contribution in [3.63, 3.8) is 0 Å². The average molecular weight is 411 g/mol. The lowest BCUT2D eigenvalue weighted by molar-refractivity contribution is -0.116. The quantitative estimate of drug-likeness (QED) is 0.510. The lowest BCUT2D eigenvalue weighted by atomic mass is 10.1. The standard InChI is InChI=1S/C22H26N4O2S/c1-4-13-28-18-9-10-19(16(3)14-18)23-20(27)11-12-26-21(24-25-22(26)29)17-7-5-15(2)6-8-17/h5-10,14H,4,11-13H2,1-3H3,(H,23,27)(H,25,29). The van der Waals surface area contributed by atoms with E-state index in [-0.39, 0.29) is 5.91 Å². The predicted octanol–water partition coefficient (Wildman–Crippen LogP) is 5.04. The number of aryl methyl sites for hydroxylation is 2. The summed E-state index contributed by atoms with van der Waals surface area (Å²) in [4.78, 5) is 12.5. The highest BCUT2D eigenvalue weighted by molar-refractivity contribution is 7.71. The Morgan fingerprint density at radius 1 is 1.21 bits per heavy atom. The lowest BCUT2D eigenvalue weighted by Gasteiger charge is -2.12. The molecule has 0 spiro atoms. The number of carbonyl (C=O) groups excluding carboxylic acids is 1. The number of amides is 1. The Morgan fingerprint density at radius 2 is 1.97 bits per heavy atom. The summed E-state index contributed by atoms with van der Waals surface area (Å²) >= 11 is 5.35. The number of aromatic nitrogens is 3. The van der Waals surface area contributed by atoms with Gasteiger partial charge in [-0.1, -0.05) is 36.8 Å². The van der Waals surface area contributed by atoms with Crippen molar-refractivity contribution >= 4 is 23.8 Å². The highest BCUT2D eigenvalue weighted by Gasteiger charge is 2.12.